The van der Waals surface area contributed by atoms with Gasteiger partial charge in [-0.1, -0.05) is 13.3 Å². The SMILES string of the molecule is CCCC1CCCCN1C(=O)c1nonc1N. The molecular weight excluding hydrogens is 220 g/mol. The maximum absolute atomic E-state index is 12.3. The summed E-state index contributed by atoms with van der Waals surface area (Å²) in [6.07, 6.45) is 5.38. The fourth-order valence-corrected chi connectivity index (χ4v) is 2.38. The molecule has 2 heterocycles. The third kappa shape index (κ3) is 2.40. The molecule has 1 aromatic heterocycles. The van der Waals surface area contributed by atoms with E-state index in [1.54, 1.807) is 0 Å². The Labute approximate surface area is 100 Å². The molecule has 1 aliphatic rings. The topological polar surface area (TPSA) is 85.2 Å². The summed E-state index contributed by atoms with van der Waals surface area (Å²) in [5.41, 5.74) is 5.70. The van der Waals surface area contributed by atoms with Crippen LogP contribution in [0.3, 0.4) is 0 Å². The van der Waals surface area contributed by atoms with Gasteiger partial charge in [-0.2, -0.15) is 0 Å². The highest BCUT2D eigenvalue weighted by Crippen LogP contribution is 2.23. The maximum atomic E-state index is 12.3. The van der Waals surface area contributed by atoms with Crippen molar-refractivity contribution in [2.24, 2.45) is 0 Å². The quantitative estimate of drug-likeness (QED) is 0.861. The van der Waals surface area contributed by atoms with Gasteiger partial charge in [-0.25, -0.2) is 4.63 Å². The van der Waals surface area contributed by atoms with Gasteiger partial charge in [-0.3, -0.25) is 4.79 Å². The van der Waals surface area contributed by atoms with E-state index in [0.29, 0.717) is 6.04 Å². The zero-order chi connectivity index (χ0) is 12.3. The number of likely N-dealkylation sites (tertiary alicyclic amines) is 1. The van der Waals surface area contributed by atoms with Crippen LogP contribution in [0.25, 0.3) is 0 Å². The Hall–Kier alpha value is -1.59. The number of rotatable bonds is 3. The molecule has 2 rings (SSSR count). The summed E-state index contributed by atoms with van der Waals surface area (Å²) >= 11 is 0. The average Bonchev–Trinajstić information content (AvgIpc) is 2.76. The smallest absolute Gasteiger partial charge is 0.280 e. The van der Waals surface area contributed by atoms with Gasteiger partial charge in [-0.15, -0.1) is 0 Å². The fourth-order valence-electron chi connectivity index (χ4n) is 2.38. The molecule has 0 spiro atoms. The number of carbonyl (C=O) groups is 1. The van der Waals surface area contributed by atoms with Crippen molar-refractivity contribution in [3.63, 3.8) is 0 Å². The van der Waals surface area contributed by atoms with E-state index < -0.39 is 0 Å². The molecule has 1 unspecified atom stereocenters. The average molecular weight is 238 g/mol. The van der Waals surface area contributed by atoms with Crippen LogP contribution >= 0.6 is 0 Å². The van der Waals surface area contributed by atoms with E-state index in [1.807, 2.05) is 4.90 Å². The molecule has 1 amide bonds. The van der Waals surface area contributed by atoms with Crippen LogP contribution in [0.4, 0.5) is 5.82 Å². The van der Waals surface area contributed by atoms with Crippen molar-refractivity contribution in [3.8, 4) is 0 Å². The predicted molar refractivity (Wildman–Crippen MR) is 62.3 cm³/mol. The van der Waals surface area contributed by atoms with Crippen molar-refractivity contribution < 1.29 is 9.42 Å². The third-order valence-corrected chi connectivity index (χ3v) is 3.23. The number of amides is 1. The van der Waals surface area contributed by atoms with E-state index in [1.165, 1.54) is 6.42 Å². The van der Waals surface area contributed by atoms with Crippen LogP contribution in [0, 0.1) is 0 Å². The number of hydrogen-bond acceptors (Lipinski definition) is 5. The second kappa shape index (κ2) is 5.16. The standard InChI is InChI=1S/C11H18N4O2/c1-2-5-8-6-3-4-7-15(8)11(16)9-10(12)14-17-13-9/h8H,2-7H2,1H3,(H2,12,14). The van der Waals surface area contributed by atoms with Crippen LogP contribution in [-0.2, 0) is 0 Å². The van der Waals surface area contributed by atoms with Crippen molar-refractivity contribution in [2.75, 3.05) is 12.3 Å². The summed E-state index contributed by atoms with van der Waals surface area (Å²) in [5.74, 6) is -0.0716. The van der Waals surface area contributed by atoms with E-state index in [0.717, 1.165) is 32.2 Å². The highest BCUT2D eigenvalue weighted by Gasteiger charge is 2.30. The van der Waals surface area contributed by atoms with E-state index in [-0.39, 0.29) is 17.4 Å². The molecule has 17 heavy (non-hydrogen) atoms. The summed E-state index contributed by atoms with van der Waals surface area (Å²) in [7, 11) is 0. The molecule has 0 bridgehead atoms. The van der Waals surface area contributed by atoms with Gasteiger partial charge >= 0.3 is 0 Å². The number of hydrogen-bond donors (Lipinski definition) is 1. The third-order valence-electron chi connectivity index (χ3n) is 3.23. The molecule has 2 N–H and O–H groups in total. The molecule has 1 aliphatic heterocycles. The van der Waals surface area contributed by atoms with Crippen molar-refractivity contribution >= 4 is 11.7 Å². The molecular formula is C11H18N4O2. The lowest BCUT2D eigenvalue weighted by Crippen LogP contribution is -2.44. The van der Waals surface area contributed by atoms with E-state index in [9.17, 15) is 4.79 Å². The molecule has 0 radical (unpaired) electrons. The Bertz CT molecular complexity index is 389. The molecule has 0 saturated carbocycles. The Morgan fingerprint density at radius 1 is 1.53 bits per heavy atom. The van der Waals surface area contributed by atoms with Crippen LogP contribution in [0.1, 0.15) is 49.5 Å². The lowest BCUT2D eigenvalue weighted by atomic mass is 9.98. The Morgan fingerprint density at radius 3 is 3.00 bits per heavy atom. The first kappa shape index (κ1) is 11.9. The molecule has 0 aliphatic carbocycles. The van der Waals surface area contributed by atoms with E-state index in [2.05, 4.69) is 21.9 Å². The molecule has 94 valence electrons. The Morgan fingerprint density at radius 2 is 2.35 bits per heavy atom. The predicted octanol–water partition coefficient (Wildman–Crippen LogP) is 1.45. The van der Waals surface area contributed by atoms with Crippen LogP contribution in [0.15, 0.2) is 4.63 Å². The number of anilines is 1. The first-order valence-electron chi connectivity index (χ1n) is 6.13. The van der Waals surface area contributed by atoms with Gasteiger partial charge in [0, 0.05) is 12.6 Å². The van der Waals surface area contributed by atoms with Gasteiger partial charge in [0.05, 0.1) is 0 Å². The monoisotopic (exact) mass is 238 g/mol. The second-order valence-corrected chi connectivity index (χ2v) is 4.43. The summed E-state index contributed by atoms with van der Waals surface area (Å²) in [6, 6.07) is 0.303. The van der Waals surface area contributed by atoms with Crippen molar-refractivity contribution in [3.05, 3.63) is 5.69 Å². The summed E-state index contributed by atoms with van der Waals surface area (Å²) in [6.45, 7) is 2.90. The minimum absolute atomic E-state index is 0.0795. The largest absolute Gasteiger partial charge is 0.379 e. The van der Waals surface area contributed by atoms with Gasteiger partial charge in [0.15, 0.2) is 0 Å². The first-order valence-corrected chi connectivity index (χ1v) is 6.13. The minimum Gasteiger partial charge on any atom is -0.379 e. The van der Waals surface area contributed by atoms with Gasteiger partial charge < -0.3 is 10.6 Å². The van der Waals surface area contributed by atoms with E-state index >= 15 is 0 Å². The number of nitrogens with two attached hydrogens (primary N) is 1. The van der Waals surface area contributed by atoms with Crippen molar-refractivity contribution in [2.45, 2.75) is 45.1 Å². The number of carbonyl (C=O) groups excluding carboxylic acids is 1. The zero-order valence-electron chi connectivity index (χ0n) is 10.1. The molecule has 0 aromatic carbocycles. The number of nitrogen functional groups attached to an aromatic ring is 1. The Kier molecular flexibility index (Phi) is 3.61. The number of aromatic nitrogens is 2. The molecule has 6 heteroatoms. The van der Waals surface area contributed by atoms with Crippen LogP contribution in [0.2, 0.25) is 0 Å². The molecule has 6 nitrogen and oxygen atoms in total. The van der Waals surface area contributed by atoms with Crippen molar-refractivity contribution in [1.29, 1.82) is 0 Å². The number of nitrogens with zero attached hydrogens (tertiary/aromatic N) is 3. The molecule has 1 fully saturated rings. The van der Waals surface area contributed by atoms with Crippen LogP contribution < -0.4 is 5.73 Å². The van der Waals surface area contributed by atoms with Gasteiger partial charge in [0.1, 0.15) is 0 Å². The van der Waals surface area contributed by atoms with Crippen LogP contribution in [-0.4, -0.2) is 33.7 Å². The molecule has 1 atom stereocenters. The second-order valence-electron chi connectivity index (χ2n) is 4.43. The lowest BCUT2D eigenvalue weighted by Gasteiger charge is -2.35. The molecule has 1 aromatic rings. The van der Waals surface area contributed by atoms with Gasteiger partial charge in [0.2, 0.25) is 11.5 Å². The number of piperidine rings is 1. The lowest BCUT2D eigenvalue weighted by molar-refractivity contribution is 0.0590. The Balaban J connectivity index is 2.14. The summed E-state index contributed by atoms with van der Waals surface area (Å²) in [4.78, 5) is 14.1. The van der Waals surface area contributed by atoms with E-state index in [4.69, 9.17) is 5.73 Å². The molecule has 1 saturated heterocycles. The first-order chi connectivity index (χ1) is 8.24. The minimum atomic E-state index is -0.151. The van der Waals surface area contributed by atoms with Crippen molar-refractivity contribution in [1.82, 2.24) is 15.2 Å². The summed E-state index contributed by atoms with van der Waals surface area (Å²) in [5, 5.41) is 7.03. The van der Waals surface area contributed by atoms with Gasteiger partial charge in [0.25, 0.3) is 5.91 Å². The maximum Gasteiger partial charge on any atom is 0.280 e. The van der Waals surface area contributed by atoms with Crippen LogP contribution in [0.5, 0.6) is 0 Å². The zero-order valence-corrected chi connectivity index (χ0v) is 10.1. The normalized spacial score (nSPS) is 20.5. The highest BCUT2D eigenvalue weighted by molar-refractivity contribution is 5.96. The summed E-state index contributed by atoms with van der Waals surface area (Å²) < 4.78 is 4.48. The van der Waals surface area contributed by atoms with Gasteiger partial charge in [-0.05, 0) is 36.0 Å². The fraction of sp³-hybridized carbons (Fsp3) is 0.727. The highest BCUT2D eigenvalue weighted by atomic mass is 16.6.